The van der Waals surface area contributed by atoms with Gasteiger partial charge in [-0.05, 0) is 31.2 Å². The number of H-pyrrole nitrogens is 1. The van der Waals surface area contributed by atoms with Gasteiger partial charge in [-0.15, -0.1) is 0 Å². The number of thioether (sulfide) groups is 1. The summed E-state index contributed by atoms with van der Waals surface area (Å²) < 4.78 is 0. The third-order valence-corrected chi connectivity index (χ3v) is 3.49. The molecule has 0 saturated heterocycles. The van der Waals surface area contributed by atoms with Gasteiger partial charge in [0.2, 0.25) is 11.8 Å². The molecule has 2 rings (SSSR count). The molecule has 0 fully saturated rings. The van der Waals surface area contributed by atoms with Crippen molar-refractivity contribution >= 4 is 29.1 Å². The Labute approximate surface area is 129 Å². The highest BCUT2D eigenvalue weighted by Gasteiger charge is 2.07. The zero-order valence-electron chi connectivity index (χ0n) is 11.6. The van der Waals surface area contributed by atoms with Crippen LogP contribution in [0.2, 0.25) is 0 Å². The molecule has 8 heteroatoms. The van der Waals surface area contributed by atoms with Gasteiger partial charge in [-0.1, -0.05) is 11.8 Å². The maximum Gasteiger partial charge on any atom is 0.255 e. The van der Waals surface area contributed by atoms with Gasteiger partial charge in [0, 0.05) is 11.3 Å². The molecule has 0 unspecified atom stereocenters. The Morgan fingerprint density at radius 1 is 1.32 bits per heavy atom. The predicted octanol–water partition coefficient (Wildman–Crippen LogP) is 1.41. The quantitative estimate of drug-likeness (QED) is 0.436. The van der Waals surface area contributed by atoms with E-state index < -0.39 is 11.4 Å². The van der Waals surface area contributed by atoms with Crippen molar-refractivity contribution in [2.24, 2.45) is 0 Å². The number of aromatic amines is 1. The first-order valence-electron chi connectivity index (χ1n) is 6.28. The third kappa shape index (κ3) is 4.45. The highest BCUT2D eigenvalue weighted by atomic mass is 32.2. The number of carbonyl (C=O) groups excluding carboxylic acids is 2. The molecule has 114 valence electrons. The van der Waals surface area contributed by atoms with Gasteiger partial charge in [-0.3, -0.25) is 14.4 Å². The minimum Gasteiger partial charge on any atom is -0.493 e. The summed E-state index contributed by atoms with van der Waals surface area (Å²) >= 11 is 0.991. The Morgan fingerprint density at radius 3 is 2.59 bits per heavy atom. The smallest absolute Gasteiger partial charge is 0.255 e. The number of aromatic hydroxyl groups is 1. The maximum absolute atomic E-state index is 11.8. The molecule has 1 aromatic heterocycles. The van der Waals surface area contributed by atoms with E-state index in [0.29, 0.717) is 11.3 Å². The number of ketones is 1. The van der Waals surface area contributed by atoms with E-state index >= 15 is 0 Å². The highest BCUT2D eigenvalue weighted by molar-refractivity contribution is 7.99. The number of nitrogens with one attached hydrogen (secondary N) is 2. The molecule has 1 aromatic carbocycles. The first-order valence-corrected chi connectivity index (χ1v) is 7.26. The van der Waals surface area contributed by atoms with Crippen molar-refractivity contribution in [1.82, 2.24) is 9.97 Å². The highest BCUT2D eigenvalue weighted by Crippen LogP contribution is 2.15. The third-order valence-electron chi connectivity index (χ3n) is 2.62. The molecule has 0 spiro atoms. The lowest BCUT2D eigenvalue weighted by atomic mass is 10.1. The Hall–Kier alpha value is -2.61. The van der Waals surface area contributed by atoms with E-state index in [1.54, 1.807) is 24.3 Å². The van der Waals surface area contributed by atoms with E-state index in [1.165, 1.54) is 6.92 Å². The average molecular weight is 319 g/mol. The second-order valence-corrected chi connectivity index (χ2v) is 5.34. The van der Waals surface area contributed by atoms with Gasteiger partial charge in [0.1, 0.15) is 0 Å². The average Bonchev–Trinajstić information content (AvgIpc) is 2.45. The van der Waals surface area contributed by atoms with Crippen molar-refractivity contribution in [3.05, 3.63) is 46.2 Å². The molecule has 0 atom stereocenters. The number of hydrogen-bond donors (Lipinski definition) is 3. The van der Waals surface area contributed by atoms with Crippen LogP contribution in [0.15, 0.2) is 40.3 Å². The summed E-state index contributed by atoms with van der Waals surface area (Å²) in [4.78, 5) is 40.2. The lowest BCUT2D eigenvalue weighted by Gasteiger charge is -2.05. The van der Waals surface area contributed by atoms with Crippen molar-refractivity contribution in [1.29, 1.82) is 0 Å². The number of Topliss-reactive ketones (excluding diaryl/α,β-unsaturated/α-hetero) is 1. The van der Waals surface area contributed by atoms with Crippen LogP contribution in [0, 0.1) is 0 Å². The molecule has 0 radical (unpaired) electrons. The molecule has 0 aliphatic rings. The summed E-state index contributed by atoms with van der Waals surface area (Å²) in [6, 6.07) is 7.46. The van der Waals surface area contributed by atoms with Gasteiger partial charge in [0.15, 0.2) is 10.9 Å². The minimum atomic E-state index is -0.491. The first-order chi connectivity index (χ1) is 10.4. The van der Waals surface area contributed by atoms with Crippen LogP contribution in [-0.2, 0) is 4.79 Å². The maximum atomic E-state index is 11.8. The summed E-state index contributed by atoms with van der Waals surface area (Å²) in [5.74, 6) is -0.730. The van der Waals surface area contributed by atoms with Crippen LogP contribution in [0.25, 0.3) is 0 Å². The van der Waals surface area contributed by atoms with Gasteiger partial charge in [-0.2, -0.15) is 4.98 Å². The SMILES string of the molecule is CC(=O)c1ccc(NC(=O)CSc2nc(O)cc(=O)[nH]2)cc1. The number of aromatic nitrogens is 2. The van der Waals surface area contributed by atoms with Crippen LogP contribution in [0.4, 0.5) is 5.69 Å². The number of rotatable bonds is 5. The zero-order chi connectivity index (χ0) is 16.1. The van der Waals surface area contributed by atoms with Crippen molar-refractivity contribution in [2.45, 2.75) is 12.1 Å². The van der Waals surface area contributed by atoms with Crippen molar-refractivity contribution in [2.75, 3.05) is 11.1 Å². The second kappa shape index (κ2) is 6.90. The van der Waals surface area contributed by atoms with Gasteiger partial charge >= 0.3 is 0 Å². The number of benzene rings is 1. The molecule has 3 N–H and O–H groups in total. The number of anilines is 1. The summed E-state index contributed by atoms with van der Waals surface area (Å²) in [5, 5.41) is 12.0. The van der Waals surface area contributed by atoms with Gasteiger partial charge in [0.25, 0.3) is 5.56 Å². The van der Waals surface area contributed by atoms with Gasteiger partial charge in [0.05, 0.1) is 11.8 Å². The molecular formula is C14H13N3O4S. The van der Waals surface area contributed by atoms with E-state index in [1.807, 2.05) is 0 Å². The molecule has 0 bridgehead atoms. The largest absolute Gasteiger partial charge is 0.493 e. The van der Waals surface area contributed by atoms with E-state index in [9.17, 15) is 19.5 Å². The topological polar surface area (TPSA) is 112 Å². The summed E-state index contributed by atoms with van der Waals surface area (Å²) in [5.41, 5.74) is 0.636. The van der Waals surface area contributed by atoms with E-state index in [-0.39, 0.29) is 22.6 Å². The molecule has 2 aromatic rings. The summed E-state index contributed by atoms with van der Waals surface area (Å²) in [6.45, 7) is 1.47. The Balaban J connectivity index is 1.92. The van der Waals surface area contributed by atoms with E-state index in [4.69, 9.17) is 0 Å². The van der Waals surface area contributed by atoms with Gasteiger partial charge in [-0.25, -0.2) is 0 Å². The lowest BCUT2D eigenvalue weighted by molar-refractivity contribution is -0.113. The molecule has 22 heavy (non-hydrogen) atoms. The van der Waals surface area contributed by atoms with Crippen LogP contribution in [-0.4, -0.2) is 32.5 Å². The van der Waals surface area contributed by atoms with Crippen LogP contribution < -0.4 is 10.9 Å². The summed E-state index contributed by atoms with van der Waals surface area (Å²) in [7, 11) is 0. The molecule has 0 saturated carbocycles. The lowest BCUT2D eigenvalue weighted by Crippen LogP contribution is -2.15. The zero-order valence-corrected chi connectivity index (χ0v) is 12.4. The first kappa shape index (κ1) is 15.8. The van der Waals surface area contributed by atoms with Crippen LogP contribution in [0.3, 0.4) is 0 Å². The van der Waals surface area contributed by atoms with E-state index in [0.717, 1.165) is 17.8 Å². The monoisotopic (exact) mass is 319 g/mol. The fourth-order valence-electron chi connectivity index (χ4n) is 1.61. The molecule has 1 heterocycles. The second-order valence-electron chi connectivity index (χ2n) is 4.38. The van der Waals surface area contributed by atoms with Crippen LogP contribution in [0.5, 0.6) is 5.88 Å². The molecule has 0 aliphatic carbocycles. The van der Waals surface area contributed by atoms with Crippen molar-refractivity contribution in [3.8, 4) is 5.88 Å². The predicted molar refractivity (Wildman–Crippen MR) is 82.3 cm³/mol. The molecule has 0 aliphatic heterocycles. The van der Waals surface area contributed by atoms with Crippen molar-refractivity contribution in [3.63, 3.8) is 0 Å². The Morgan fingerprint density at radius 2 is 2.00 bits per heavy atom. The minimum absolute atomic E-state index is 0.0147. The Kier molecular flexibility index (Phi) is 4.95. The fraction of sp³-hybridized carbons (Fsp3) is 0.143. The van der Waals surface area contributed by atoms with Gasteiger partial charge < -0.3 is 15.4 Å². The Bertz CT molecular complexity index is 755. The number of nitrogens with zero attached hydrogens (tertiary/aromatic N) is 1. The number of amides is 1. The van der Waals surface area contributed by atoms with Crippen LogP contribution >= 0.6 is 11.8 Å². The number of hydrogen-bond acceptors (Lipinski definition) is 6. The fourth-order valence-corrected chi connectivity index (χ4v) is 2.28. The normalized spacial score (nSPS) is 10.2. The summed E-state index contributed by atoms with van der Waals surface area (Å²) in [6.07, 6.45) is 0. The van der Waals surface area contributed by atoms with E-state index in [2.05, 4.69) is 15.3 Å². The number of carbonyl (C=O) groups is 2. The standard InChI is InChI=1S/C14H13N3O4S/c1-8(18)9-2-4-10(5-3-9)15-13(21)7-22-14-16-11(19)6-12(20)17-14/h2-6H,7H2,1H3,(H,15,21)(H2,16,17,19,20). The van der Waals surface area contributed by atoms with Crippen LogP contribution in [0.1, 0.15) is 17.3 Å². The molecular weight excluding hydrogens is 306 g/mol. The van der Waals surface area contributed by atoms with Crippen molar-refractivity contribution < 1.29 is 14.7 Å². The molecule has 7 nitrogen and oxygen atoms in total. The molecule has 1 amide bonds.